The van der Waals surface area contributed by atoms with Crippen molar-refractivity contribution >= 4 is 15.7 Å². The van der Waals surface area contributed by atoms with Crippen LogP contribution in [0.3, 0.4) is 0 Å². The van der Waals surface area contributed by atoms with E-state index < -0.39 is 21.1 Å². The summed E-state index contributed by atoms with van der Waals surface area (Å²) in [5, 5.41) is 7.55. The number of hydrogen-bond donors (Lipinski definition) is 1. The highest BCUT2D eigenvalue weighted by atomic mass is 32.2. The molecule has 18 heavy (non-hydrogen) atoms. The van der Waals surface area contributed by atoms with Crippen LogP contribution in [-0.4, -0.2) is 20.8 Å². The number of sulfonamides is 1. The molecule has 0 aromatic heterocycles. The van der Waals surface area contributed by atoms with Gasteiger partial charge >= 0.3 is 0 Å². The standard InChI is InChI=1S/C11H13FN2O3S/c1-3-9(7-13)18(15,16)14-8-4-5-11(17-2)10(12)6-8/h4-6,9,14H,3H2,1-2H3. The molecule has 0 saturated heterocycles. The van der Waals surface area contributed by atoms with Crippen LogP contribution in [0.5, 0.6) is 5.75 Å². The second kappa shape index (κ2) is 5.69. The first-order valence-corrected chi connectivity index (χ1v) is 6.74. The van der Waals surface area contributed by atoms with Crippen LogP contribution in [0.4, 0.5) is 10.1 Å². The summed E-state index contributed by atoms with van der Waals surface area (Å²) in [6.45, 7) is 1.59. The van der Waals surface area contributed by atoms with Crippen molar-refractivity contribution in [1.82, 2.24) is 0 Å². The first kappa shape index (κ1) is 14.3. The molecule has 0 amide bonds. The fourth-order valence-electron chi connectivity index (χ4n) is 1.35. The Kier molecular flexibility index (Phi) is 4.50. The van der Waals surface area contributed by atoms with Gasteiger partial charge in [-0.3, -0.25) is 4.72 Å². The molecule has 0 aliphatic rings. The summed E-state index contributed by atoms with van der Waals surface area (Å²) in [6, 6.07) is 5.35. The van der Waals surface area contributed by atoms with E-state index in [2.05, 4.69) is 4.72 Å². The molecular formula is C11H13FN2O3S. The number of rotatable bonds is 5. The quantitative estimate of drug-likeness (QED) is 0.887. The number of nitrogens with zero attached hydrogens (tertiary/aromatic N) is 1. The van der Waals surface area contributed by atoms with Gasteiger partial charge in [0.2, 0.25) is 10.0 Å². The smallest absolute Gasteiger partial charge is 0.249 e. The molecule has 0 fully saturated rings. The van der Waals surface area contributed by atoms with Crippen LogP contribution >= 0.6 is 0 Å². The van der Waals surface area contributed by atoms with E-state index >= 15 is 0 Å². The van der Waals surface area contributed by atoms with Crippen LogP contribution < -0.4 is 9.46 Å². The molecule has 0 heterocycles. The lowest BCUT2D eigenvalue weighted by atomic mass is 10.3. The lowest BCUT2D eigenvalue weighted by Gasteiger charge is -2.11. The van der Waals surface area contributed by atoms with Crippen LogP contribution in [0.2, 0.25) is 0 Å². The van der Waals surface area contributed by atoms with E-state index in [4.69, 9.17) is 10.00 Å². The van der Waals surface area contributed by atoms with E-state index in [-0.39, 0.29) is 17.9 Å². The number of halogens is 1. The second-order valence-corrected chi connectivity index (χ2v) is 5.39. The molecule has 1 unspecified atom stereocenters. The van der Waals surface area contributed by atoms with Crippen molar-refractivity contribution in [3.63, 3.8) is 0 Å². The van der Waals surface area contributed by atoms with Crippen molar-refractivity contribution in [2.75, 3.05) is 11.8 Å². The van der Waals surface area contributed by atoms with Gasteiger partial charge in [-0.15, -0.1) is 0 Å². The molecule has 1 aromatic carbocycles. The maximum absolute atomic E-state index is 13.4. The Morgan fingerprint density at radius 3 is 2.67 bits per heavy atom. The zero-order chi connectivity index (χ0) is 13.8. The zero-order valence-electron chi connectivity index (χ0n) is 9.97. The van der Waals surface area contributed by atoms with Gasteiger partial charge in [-0.1, -0.05) is 6.92 Å². The third-order valence-corrected chi connectivity index (χ3v) is 4.01. The minimum atomic E-state index is -3.83. The first-order chi connectivity index (χ1) is 8.44. The van der Waals surface area contributed by atoms with Crippen LogP contribution in [0.25, 0.3) is 0 Å². The molecule has 0 radical (unpaired) electrons. The average molecular weight is 272 g/mol. The van der Waals surface area contributed by atoms with Gasteiger partial charge in [-0.05, 0) is 18.6 Å². The fraction of sp³-hybridized carbons (Fsp3) is 0.364. The first-order valence-electron chi connectivity index (χ1n) is 5.19. The number of benzene rings is 1. The van der Waals surface area contributed by atoms with Gasteiger partial charge in [0.1, 0.15) is 0 Å². The summed E-state index contributed by atoms with van der Waals surface area (Å²) in [7, 11) is -2.52. The van der Waals surface area contributed by atoms with Crippen LogP contribution in [0, 0.1) is 17.1 Å². The summed E-state index contributed by atoms with van der Waals surface area (Å²) in [5.74, 6) is -0.659. The normalized spacial score (nSPS) is 12.6. The summed E-state index contributed by atoms with van der Waals surface area (Å²) in [5.41, 5.74) is 0.0574. The molecule has 5 nitrogen and oxygen atoms in total. The molecule has 0 aliphatic heterocycles. The third-order valence-electron chi connectivity index (χ3n) is 2.30. The minimum absolute atomic E-state index is 0.0188. The maximum Gasteiger partial charge on any atom is 0.249 e. The molecular weight excluding hydrogens is 259 g/mol. The molecule has 0 saturated carbocycles. The highest BCUT2D eigenvalue weighted by Crippen LogP contribution is 2.22. The van der Waals surface area contributed by atoms with E-state index in [0.717, 1.165) is 6.07 Å². The Labute approximate surface area is 105 Å². The van der Waals surface area contributed by atoms with E-state index in [1.54, 1.807) is 13.0 Å². The molecule has 98 valence electrons. The van der Waals surface area contributed by atoms with Crippen LogP contribution in [0.1, 0.15) is 13.3 Å². The number of ether oxygens (including phenoxy) is 1. The van der Waals surface area contributed by atoms with Gasteiger partial charge < -0.3 is 4.74 Å². The second-order valence-electron chi connectivity index (χ2n) is 3.52. The molecule has 0 bridgehead atoms. The van der Waals surface area contributed by atoms with Crippen molar-refractivity contribution in [3.05, 3.63) is 24.0 Å². The summed E-state index contributed by atoms with van der Waals surface area (Å²) in [6.07, 6.45) is 0.157. The minimum Gasteiger partial charge on any atom is -0.494 e. The predicted molar refractivity (Wildman–Crippen MR) is 65.2 cm³/mol. The number of methoxy groups -OCH3 is 1. The zero-order valence-corrected chi connectivity index (χ0v) is 10.8. The third kappa shape index (κ3) is 3.11. The summed E-state index contributed by atoms with van der Waals surface area (Å²) < 4.78 is 43.7. The van der Waals surface area contributed by atoms with Gasteiger partial charge in [0.25, 0.3) is 0 Å². The van der Waals surface area contributed by atoms with E-state index in [1.165, 1.54) is 19.2 Å². The van der Waals surface area contributed by atoms with Gasteiger partial charge in [0.05, 0.1) is 18.9 Å². The Hall–Kier alpha value is -1.81. The van der Waals surface area contributed by atoms with Crippen molar-refractivity contribution < 1.29 is 17.5 Å². The lowest BCUT2D eigenvalue weighted by Crippen LogP contribution is -2.25. The highest BCUT2D eigenvalue weighted by molar-refractivity contribution is 7.93. The Bertz CT molecular complexity index is 566. The molecule has 1 N–H and O–H groups in total. The SMILES string of the molecule is CCC(C#N)S(=O)(=O)Nc1ccc(OC)c(F)c1. The molecule has 1 rings (SSSR count). The van der Waals surface area contributed by atoms with E-state index in [0.29, 0.717) is 0 Å². The largest absolute Gasteiger partial charge is 0.494 e. The van der Waals surface area contributed by atoms with E-state index in [9.17, 15) is 12.8 Å². The van der Waals surface area contributed by atoms with Gasteiger partial charge in [-0.25, -0.2) is 12.8 Å². The van der Waals surface area contributed by atoms with Crippen molar-refractivity contribution in [2.24, 2.45) is 0 Å². The molecule has 0 spiro atoms. The summed E-state index contributed by atoms with van der Waals surface area (Å²) >= 11 is 0. The van der Waals surface area contributed by atoms with Gasteiger partial charge in [-0.2, -0.15) is 5.26 Å². The van der Waals surface area contributed by atoms with Crippen LogP contribution in [-0.2, 0) is 10.0 Å². The number of hydrogen-bond acceptors (Lipinski definition) is 4. The Morgan fingerprint density at radius 2 is 2.22 bits per heavy atom. The Balaban J connectivity index is 2.99. The van der Waals surface area contributed by atoms with E-state index in [1.807, 2.05) is 0 Å². The monoisotopic (exact) mass is 272 g/mol. The Morgan fingerprint density at radius 1 is 1.56 bits per heavy atom. The lowest BCUT2D eigenvalue weighted by molar-refractivity contribution is 0.386. The number of anilines is 1. The van der Waals surface area contributed by atoms with Crippen molar-refractivity contribution in [1.29, 1.82) is 5.26 Å². The number of nitriles is 1. The predicted octanol–water partition coefficient (Wildman–Crippen LogP) is 1.88. The molecule has 7 heteroatoms. The van der Waals surface area contributed by atoms with Gasteiger partial charge in [0, 0.05) is 6.07 Å². The fourth-order valence-corrected chi connectivity index (χ4v) is 2.52. The van der Waals surface area contributed by atoms with Crippen LogP contribution in [0.15, 0.2) is 18.2 Å². The maximum atomic E-state index is 13.4. The van der Waals surface area contributed by atoms with Gasteiger partial charge in [0.15, 0.2) is 16.8 Å². The molecule has 1 atom stereocenters. The summed E-state index contributed by atoms with van der Waals surface area (Å²) in [4.78, 5) is 0. The van der Waals surface area contributed by atoms with Crippen molar-refractivity contribution in [3.8, 4) is 11.8 Å². The highest BCUT2D eigenvalue weighted by Gasteiger charge is 2.23. The van der Waals surface area contributed by atoms with Crippen molar-refractivity contribution in [2.45, 2.75) is 18.6 Å². The molecule has 0 aliphatic carbocycles. The topological polar surface area (TPSA) is 79.2 Å². The average Bonchev–Trinajstić information content (AvgIpc) is 2.29. The molecule has 1 aromatic rings. The number of nitrogens with one attached hydrogen (secondary N) is 1.